The van der Waals surface area contributed by atoms with Gasteiger partial charge in [-0.3, -0.25) is 4.79 Å². The number of hydrogen-bond acceptors (Lipinski definition) is 3. The molecule has 0 aliphatic rings. The van der Waals surface area contributed by atoms with Gasteiger partial charge in [0, 0.05) is 19.4 Å². The van der Waals surface area contributed by atoms with Crippen molar-refractivity contribution >= 4 is 11.7 Å². The number of ketones is 1. The van der Waals surface area contributed by atoms with Crippen LogP contribution in [-0.4, -0.2) is 25.3 Å². The largest absolute Gasteiger partial charge is 0.494 e. The molecule has 0 bridgehead atoms. The molecule has 1 N–H and O–H groups in total. The first-order valence-corrected chi connectivity index (χ1v) is 6.11. The van der Waals surface area contributed by atoms with Crippen molar-refractivity contribution in [3.63, 3.8) is 0 Å². The molecule has 1 amide bonds. The average Bonchev–Trinajstić information content (AvgIpc) is 2.36. The van der Waals surface area contributed by atoms with Gasteiger partial charge in [0.2, 0.25) is 5.91 Å². The summed E-state index contributed by atoms with van der Waals surface area (Å²) in [6.45, 7) is 1.87. The summed E-state index contributed by atoms with van der Waals surface area (Å²) in [5.74, 6) is -0.381. The summed E-state index contributed by atoms with van der Waals surface area (Å²) >= 11 is 0. The highest BCUT2D eigenvalue weighted by molar-refractivity contribution is 5.83. The van der Waals surface area contributed by atoms with Gasteiger partial charge in [0.25, 0.3) is 0 Å². The van der Waals surface area contributed by atoms with Crippen molar-refractivity contribution in [1.82, 2.24) is 5.32 Å². The third kappa shape index (κ3) is 5.50. The number of ether oxygens (including phenoxy) is 1. The Morgan fingerprint density at radius 1 is 1.32 bits per heavy atom. The van der Waals surface area contributed by atoms with Crippen LogP contribution in [0.15, 0.2) is 18.2 Å². The van der Waals surface area contributed by atoms with Gasteiger partial charge >= 0.3 is 0 Å². The molecule has 1 rings (SSSR count). The van der Waals surface area contributed by atoms with Crippen LogP contribution in [0.4, 0.5) is 4.39 Å². The van der Waals surface area contributed by atoms with Crippen molar-refractivity contribution in [2.45, 2.75) is 26.2 Å². The number of carbonyl (C=O) groups excluding carboxylic acids is 2. The van der Waals surface area contributed by atoms with Crippen molar-refractivity contribution in [3.8, 4) is 5.75 Å². The van der Waals surface area contributed by atoms with Crippen molar-refractivity contribution in [2.75, 3.05) is 13.7 Å². The highest BCUT2D eigenvalue weighted by atomic mass is 19.1. The lowest BCUT2D eigenvalue weighted by atomic mass is 10.1. The van der Waals surface area contributed by atoms with Crippen molar-refractivity contribution in [3.05, 3.63) is 29.6 Å². The third-order valence-corrected chi connectivity index (χ3v) is 2.66. The Labute approximate surface area is 112 Å². The molecule has 0 aliphatic heterocycles. The molecular formula is C14H18FNO3. The quantitative estimate of drug-likeness (QED) is 0.820. The molecule has 1 aromatic carbocycles. The molecule has 19 heavy (non-hydrogen) atoms. The van der Waals surface area contributed by atoms with Crippen LogP contribution >= 0.6 is 0 Å². The summed E-state index contributed by atoms with van der Waals surface area (Å²) < 4.78 is 18.2. The zero-order chi connectivity index (χ0) is 14.3. The Morgan fingerprint density at radius 3 is 2.63 bits per heavy atom. The smallest absolute Gasteiger partial charge is 0.220 e. The van der Waals surface area contributed by atoms with E-state index in [2.05, 4.69) is 5.32 Å². The number of rotatable bonds is 7. The molecule has 0 spiro atoms. The Kier molecular flexibility index (Phi) is 5.99. The molecule has 0 fully saturated rings. The van der Waals surface area contributed by atoms with Crippen LogP contribution < -0.4 is 10.1 Å². The Morgan fingerprint density at radius 2 is 2.05 bits per heavy atom. The highest BCUT2D eigenvalue weighted by Gasteiger charge is 2.05. The number of carbonyl (C=O) groups is 2. The number of amides is 1. The molecule has 0 saturated carbocycles. The zero-order valence-corrected chi connectivity index (χ0v) is 11.2. The first-order valence-electron chi connectivity index (χ1n) is 6.11. The van der Waals surface area contributed by atoms with Crippen LogP contribution in [0, 0.1) is 5.82 Å². The molecular weight excluding hydrogens is 249 g/mol. The molecule has 4 nitrogen and oxygen atoms in total. The molecule has 0 aromatic heterocycles. The number of halogens is 1. The van der Waals surface area contributed by atoms with E-state index in [-0.39, 0.29) is 30.3 Å². The molecule has 5 heteroatoms. The fraction of sp³-hybridized carbons (Fsp3) is 0.429. The fourth-order valence-electron chi connectivity index (χ4n) is 1.59. The van der Waals surface area contributed by atoms with Crippen molar-refractivity contribution < 1.29 is 18.7 Å². The van der Waals surface area contributed by atoms with Crippen LogP contribution in [0.2, 0.25) is 0 Å². The highest BCUT2D eigenvalue weighted by Crippen LogP contribution is 2.17. The van der Waals surface area contributed by atoms with E-state index in [0.29, 0.717) is 13.0 Å². The first kappa shape index (κ1) is 15.1. The molecule has 0 unspecified atom stereocenters. The lowest BCUT2D eigenvalue weighted by Gasteiger charge is -2.06. The van der Waals surface area contributed by atoms with E-state index >= 15 is 0 Å². The predicted octanol–water partition coefficient (Wildman–Crippen LogP) is 1.86. The Balaban J connectivity index is 2.35. The molecule has 1 aromatic rings. The van der Waals surface area contributed by atoms with Crippen LogP contribution in [0.1, 0.15) is 25.3 Å². The summed E-state index contributed by atoms with van der Waals surface area (Å²) in [6, 6.07) is 4.70. The molecule has 0 aliphatic carbocycles. The molecule has 0 heterocycles. The number of methoxy groups -OCH3 is 1. The minimum absolute atomic E-state index is 0.00706. The molecule has 0 radical (unpaired) electrons. The fourth-order valence-corrected chi connectivity index (χ4v) is 1.59. The third-order valence-electron chi connectivity index (χ3n) is 2.66. The lowest BCUT2D eigenvalue weighted by Crippen LogP contribution is -2.25. The predicted molar refractivity (Wildman–Crippen MR) is 69.6 cm³/mol. The summed E-state index contributed by atoms with van der Waals surface area (Å²) in [5.41, 5.74) is 0.783. The molecule has 104 valence electrons. The molecule has 0 atom stereocenters. The van der Waals surface area contributed by atoms with E-state index in [1.54, 1.807) is 12.1 Å². The summed E-state index contributed by atoms with van der Waals surface area (Å²) in [6.07, 6.45) is 0.988. The van der Waals surface area contributed by atoms with E-state index in [1.165, 1.54) is 20.1 Å². The SMILES string of the molecule is COc1ccc(CCNC(=O)CCC(C)=O)cc1F. The van der Waals surface area contributed by atoms with Gasteiger partial charge in [-0.2, -0.15) is 0 Å². The average molecular weight is 267 g/mol. The van der Waals surface area contributed by atoms with E-state index in [1.807, 2.05) is 0 Å². The van der Waals surface area contributed by atoms with E-state index in [0.717, 1.165) is 5.56 Å². The minimum atomic E-state index is -0.414. The van der Waals surface area contributed by atoms with E-state index in [4.69, 9.17) is 4.74 Å². The Hall–Kier alpha value is -1.91. The minimum Gasteiger partial charge on any atom is -0.494 e. The summed E-state index contributed by atoms with van der Waals surface area (Å²) in [4.78, 5) is 22.1. The number of Topliss-reactive ketones (excluding diaryl/α,β-unsaturated/α-hetero) is 1. The van der Waals surface area contributed by atoms with Crippen LogP contribution in [0.25, 0.3) is 0 Å². The maximum absolute atomic E-state index is 13.4. The summed E-state index contributed by atoms with van der Waals surface area (Å²) in [7, 11) is 1.41. The van der Waals surface area contributed by atoms with Crippen LogP contribution in [0.3, 0.4) is 0 Å². The van der Waals surface area contributed by atoms with Gasteiger partial charge in [0.05, 0.1) is 7.11 Å². The van der Waals surface area contributed by atoms with Gasteiger partial charge in [-0.25, -0.2) is 4.39 Å². The van der Waals surface area contributed by atoms with Gasteiger partial charge in [-0.15, -0.1) is 0 Å². The van der Waals surface area contributed by atoms with Crippen molar-refractivity contribution in [1.29, 1.82) is 0 Å². The van der Waals surface area contributed by atoms with Crippen molar-refractivity contribution in [2.24, 2.45) is 0 Å². The number of nitrogens with one attached hydrogen (secondary N) is 1. The van der Waals surface area contributed by atoms with E-state index < -0.39 is 5.82 Å². The maximum atomic E-state index is 13.4. The van der Waals surface area contributed by atoms with Gasteiger partial charge < -0.3 is 14.8 Å². The first-order chi connectivity index (χ1) is 9.02. The van der Waals surface area contributed by atoms with Gasteiger partial charge in [0.15, 0.2) is 11.6 Å². The zero-order valence-electron chi connectivity index (χ0n) is 11.2. The van der Waals surface area contributed by atoms with Gasteiger partial charge in [-0.1, -0.05) is 6.07 Å². The molecule has 0 saturated heterocycles. The maximum Gasteiger partial charge on any atom is 0.220 e. The number of hydrogen-bond donors (Lipinski definition) is 1. The standard InChI is InChI=1S/C14H18FNO3/c1-10(17)3-6-14(18)16-8-7-11-4-5-13(19-2)12(15)9-11/h4-5,9H,3,6-8H2,1-2H3,(H,16,18). The van der Waals surface area contributed by atoms with Crippen LogP contribution in [0.5, 0.6) is 5.75 Å². The second-order valence-electron chi connectivity index (χ2n) is 4.27. The van der Waals surface area contributed by atoms with Gasteiger partial charge in [0.1, 0.15) is 5.78 Å². The monoisotopic (exact) mass is 267 g/mol. The van der Waals surface area contributed by atoms with Crippen LogP contribution in [-0.2, 0) is 16.0 Å². The Bertz CT molecular complexity index is 460. The lowest BCUT2D eigenvalue weighted by molar-refractivity contribution is -0.124. The summed E-state index contributed by atoms with van der Waals surface area (Å²) in [5, 5.41) is 2.69. The van der Waals surface area contributed by atoms with E-state index in [9.17, 15) is 14.0 Å². The topological polar surface area (TPSA) is 55.4 Å². The number of benzene rings is 1. The second kappa shape index (κ2) is 7.51. The normalized spacial score (nSPS) is 10.1. The van der Waals surface area contributed by atoms with Gasteiger partial charge in [-0.05, 0) is 31.0 Å². The second-order valence-corrected chi connectivity index (χ2v) is 4.27.